The summed E-state index contributed by atoms with van der Waals surface area (Å²) in [6.45, 7) is 4.42. The van der Waals surface area contributed by atoms with Crippen LogP contribution in [0.25, 0.3) is 16.2 Å². The van der Waals surface area contributed by atoms with Crippen molar-refractivity contribution in [1.82, 2.24) is 24.6 Å². The first-order valence-corrected chi connectivity index (χ1v) is 11.2. The van der Waals surface area contributed by atoms with Gasteiger partial charge in [-0.3, -0.25) is 10.1 Å². The average Bonchev–Trinajstić information content (AvgIpc) is 3.25. The number of hydrogen-bond acceptors (Lipinski definition) is 7. The summed E-state index contributed by atoms with van der Waals surface area (Å²) in [6.07, 6.45) is 0.941. The molecule has 0 aliphatic rings. The van der Waals surface area contributed by atoms with Crippen LogP contribution in [0.15, 0.2) is 29.6 Å². The molecular weight excluding hydrogens is 457 g/mol. The van der Waals surface area contributed by atoms with Crippen LogP contribution in [-0.2, 0) is 4.79 Å². The molecule has 4 aromatic rings. The van der Waals surface area contributed by atoms with Crippen molar-refractivity contribution >= 4 is 57.3 Å². The Balaban J connectivity index is 1.35. The summed E-state index contributed by atoms with van der Waals surface area (Å²) < 4.78 is 1.66. The number of anilines is 2. The molecule has 0 saturated heterocycles. The Morgan fingerprint density at radius 3 is 2.61 bits per heavy atom. The third-order valence-corrected chi connectivity index (χ3v) is 5.75. The van der Waals surface area contributed by atoms with E-state index in [-0.39, 0.29) is 11.9 Å². The number of nitrogens with one attached hydrogen (secondary N) is 2. The Labute approximate surface area is 192 Å². The van der Waals surface area contributed by atoms with Crippen LogP contribution in [0.2, 0.25) is 10.0 Å². The van der Waals surface area contributed by atoms with Crippen molar-refractivity contribution in [2.45, 2.75) is 26.7 Å². The Morgan fingerprint density at radius 1 is 1.10 bits per heavy atom. The van der Waals surface area contributed by atoms with E-state index in [1.165, 1.54) is 11.3 Å². The van der Waals surface area contributed by atoms with Gasteiger partial charge in [-0.2, -0.15) is 4.98 Å². The van der Waals surface area contributed by atoms with Crippen molar-refractivity contribution in [3.63, 3.8) is 0 Å². The van der Waals surface area contributed by atoms with E-state index in [0.29, 0.717) is 40.3 Å². The Kier molecular flexibility index (Phi) is 6.35. The number of fused-ring (bicyclic) bond motifs is 1. The maximum atomic E-state index is 12.3. The summed E-state index contributed by atoms with van der Waals surface area (Å²) in [7, 11) is 0. The summed E-state index contributed by atoms with van der Waals surface area (Å²) >= 11 is 13.7. The van der Waals surface area contributed by atoms with Gasteiger partial charge in [0.25, 0.3) is 0 Å². The van der Waals surface area contributed by atoms with Gasteiger partial charge in [-0.25, -0.2) is 14.5 Å². The molecule has 8 nitrogen and oxygen atoms in total. The minimum Gasteiger partial charge on any atom is -0.354 e. The van der Waals surface area contributed by atoms with Crippen molar-refractivity contribution < 1.29 is 4.79 Å². The van der Waals surface area contributed by atoms with E-state index in [0.717, 1.165) is 22.6 Å². The van der Waals surface area contributed by atoms with Crippen LogP contribution in [0, 0.1) is 13.8 Å². The number of aromatic nitrogens is 5. The van der Waals surface area contributed by atoms with Gasteiger partial charge >= 0.3 is 0 Å². The first-order chi connectivity index (χ1) is 14.9. The smallest absolute Gasteiger partial charge is 0.250 e. The molecule has 31 heavy (non-hydrogen) atoms. The first-order valence-electron chi connectivity index (χ1n) is 9.55. The van der Waals surface area contributed by atoms with Gasteiger partial charge in [0.1, 0.15) is 0 Å². The SMILES string of the molecule is Cc1cc(C)nc(NCCCC(=O)Nc2nc3scc(-c4ccc(Cl)cc4Cl)n3n2)n1. The van der Waals surface area contributed by atoms with Crippen LogP contribution in [0.1, 0.15) is 24.2 Å². The summed E-state index contributed by atoms with van der Waals surface area (Å²) in [6, 6.07) is 7.19. The van der Waals surface area contributed by atoms with Crippen LogP contribution in [0.5, 0.6) is 0 Å². The fraction of sp³-hybridized carbons (Fsp3) is 0.250. The Bertz CT molecular complexity index is 1230. The highest BCUT2D eigenvalue weighted by molar-refractivity contribution is 7.15. The molecule has 0 saturated carbocycles. The quantitative estimate of drug-likeness (QED) is 0.365. The highest BCUT2D eigenvalue weighted by atomic mass is 35.5. The highest BCUT2D eigenvalue weighted by Crippen LogP contribution is 2.33. The zero-order valence-corrected chi connectivity index (χ0v) is 19.1. The van der Waals surface area contributed by atoms with Gasteiger partial charge < -0.3 is 5.32 Å². The van der Waals surface area contributed by atoms with Crippen LogP contribution < -0.4 is 10.6 Å². The van der Waals surface area contributed by atoms with Crippen molar-refractivity contribution in [1.29, 1.82) is 0 Å². The molecule has 0 radical (unpaired) electrons. The highest BCUT2D eigenvalue weighted by Gasteiger charge is 2.15. The first kappa shape index (κ1) is 21.5. The topological polar surface area (TPSA) is 97.1 Å². The Morgan fingerprint density at radius 2 is 1.87 bits per heavy atom. The van der Waals surface area contributed by atoms with Gasteiger partial charge in [0.05, 0.1) is 10.7 Å². The number of halogens is 2. The maximum absolute atomic E-state index is 12.3. The number of hydrogen-bond donors (Lipinski definition) is 2. The van der Waals surface area contributed by atoms with Gasteiger partial charge in [0, 0.05) is 40.3 Å². The molecule has 4 rings (SSSR count). The summed E-state index contributed by atoms with van der Waals surface area (Å²) in [4.78, 5) is 26.0. The fourth-order valence-electron chi connectivity index (χ4n) is 3.06. The molecule has 0 aliphatic carbocycles. The molecule has 0 unspecified atom stereocenters. The molecule has 3 aromatic heterocycles. The van der Waals surface area contributed by atoms with Gasteiger partial charge in [0.15, 0.2) is 0 Å². The van der Waals surface area contributed by atoms with E-state index in [2.05, 4.69) is 30.7 Å². The van der Waals surface area contributed by atoms with Gasteiger partial charge in [-0.15, -0.1) is 16.4 Å². The lowest BCUT2D eigenvalue weighted by Gasteiger charge is -2.06. The summed E-state index contributed by atoms with van der Waals surface area (Å²) in [5, 5.41) is 13.3. The third-order valence-electron chi connectivity index (χ3n) is 4.39. The fourth-order valence-corrected chi connectivity index (χ4v) is 4.39. The lowest BCUT2D eigenvalue weighted by Crippen LogP contribution is -2.15. The van der Waals surface area contributed by atoms with E-state index in [9.17, 15) is 4.79 Å². The Hall–Kier alpha value is -2.75. The molecule has 0 aliphatic heterocycles. The molecular formula is C20H19Cl2N7OS. The number of carbonyl (C=O) groups excluding carboxylic acids is 1. The normalized spacial score (nSPS) is 11.1. The second-order valence-corrected chi connectivity index (χ2v) is 8.61. The van der Waals surface area contributed by atoms with Crippen LogP contribution in [0.3, 0.4) is 0 Å². The number of thiazole rings is 1. The summed E-state index contributed by atoms with van der Waals surface area (Å²) in [5.41, 5.74) is 3.38. The molecule has 0 atom stereocenters. The number of amides is 1. The zero-order chi connectivity index (χ0) is 22.0. The lowest BCUT2D eigenvalue weighted by atomic mass is 10.2. The van der Waals surface area contributed by atoms with Crippen LogP contribution in [-0.4, -0.2) is 37.0 Å². The molecule has 1 amide bonds. The molecule has 2 N–H and O–H groups in total. The van der Waals surface area contributed by atoms with E-state index in [4.69, 9.17) is 23.2 Å². The lowest BCUT2D eigenvalue weighted by molar-refractivity contribution is -0.116. The van der Waals surface area contributed by atoms with E-state index < -0.39 is 0 Å². The molecule has 1 aromatic carbocycles. The van der Waals surface area contributed by atoms with Gasteiger partial charge in [0.2, 0.25) is 22.8 Å². The number of nitrogens with zero attached hydrogens (tertiary/aromatic N) is 5. The zero-order valence-electron chi connectivity index (χ0n) is 16.8. The summed E-state index contributed by atoms with van der Waals surface area (Å²) in [5.74, 6) is 0.670. The molecule has 0 fully saturated rings. The second-order valence-electron chi connectivity index (χ2n) is 6.93. The molecule has 0 bridgehead atoms. The molecule has 160 valence electrons. The van der Waals surface area contributed by atoms with Gasteiger partial charge in [-0.1, -0.05) is 23.2 Å². The standard InChI is InChI=1S/C20H19Cl2N7OS/c1-11-8-12(2)25-18(24-11)23-7-3-4-17(30)26-19-27-20-29(28-19)16(10-31-20)14-6-5-13(21)9-15(14)22/h5-6,8-10H,3-4,7H2,1-2H3,(H,23,24,25)(H,26,28,30). The molecule has 11 heteroatoms. The van der Waals surface area contributed by atoms with Crippen molar-refractivity contribution in [3.8, 4) is 11.3 Å². The number of aryl methyl sites for hydroxylation is 2. The molecule has 0 spiro atoms. The molecule has 3 heterocycles. The van der Waals surface area contributed by atoms with Crippen molar-refractivity contribution in [2.24, 2.45) is 0 Å². The predicted molar refractivity (Wildman–Crippen MR) is 124 cm³/mol. The number of benzene rings is 1. The minimum absolute atomic E-state index is 0.160. The van der Waals surface area contributed by atoms with Crippen LogP contribution >= 0.6 is 34.5 Å². The van der Waals surface area contributed by atoms with Gasteiger partial charge in [-0.05, 0) is 44.5 Å². The van der Waals surface area contributed by atoms with E-state index in [1.807, 2.05) is 31.4 Å². The van der Waals surface area contributed by atoms with Crippen molar-refractivity contribution in [3.05, 3.63) is 51.1 Å². The number of carbonyl (C=O) groups is 1. The third kappa shape index (κ3) is 5.12. The van der Waals surface area contributed by atoms with E-state index >= 15 is 0 Å². The average molecular weight is 476 g/mol. The largest absolute Gasteiger partial charge is 0.354 e. The van der Waals surface area contributed by atoms with Crippen molar-refractivity contribution in [2.75, 3.05) is 17.2 Å². The predicted octanol–water partition coefficient (Wildman–Crippen LogP) is 5.00. The van der Waals surface area contributed by atoms with Crippen LogP contribution in [0.4, 0.5) is 11.9 Å². The number of rotatable bonds is 7. The second kappa shape index (κ2) is 9.17. The van der Waals surface area contributed by atoms with E-state index in [1.54, 1.807) is 16.6 Å². The monoisotopic (exact) mass is 475 g/mol. The minimum atomic E-state index is -0.160. The maximum Gasteiger partial charge on any atom is 0.250 e.